The van der Waals surface area contributed by atoms with E-state index >= 15 is 0 Å². The first-order valence-corrected chi connectivity index (χ1v) is 7.73. The van der Waals surface area contributed by atoms with Crippen molar-refractivity contribution in [1.82, 2.24) is 0 Å². The summed E-state index contributed by atoms with van der Waals surface area (Å²) in [6.07, 6.45) is 5.45. The van der Waals surface area contributed by atoms with Crippen LogP contribution < -0.4 is 5.30 Å². The van der Waals surface area contributed by atoms with Crippen molar-refractivity contribution in [3.63, 3.8) is 0 Å². The van der Waals surface area contributed by atoms with Gasteiger partial charge in [0.2, 0.25) is 0 Å². The Hall–Kier alpha value is -0.350. The summed E-state index contributed by atoms with van der Waals surface area (Å²) in [5, 5.41) is 1.64. The molecule has 0 saturated heterocycles. The van der Waals surface area contributed by atoms with Crippen molar-refractivity contribution in [2.24, 2.45) is 0 Å². The predicted octanol–water partition coefficient (Wildman–Crippen LogP) is 4.23. The van der Waals surface area contributed by atoms with Crippen LogP contribution in [0.15, 0.2) is 18.2 Å². The number of hydrogen-bond donors (Lipinski definition) is 0. The zero-order valence-corrected chi connectivity index (χ0v) is 11.4. The Morgan fingerprint density at radius 2 is 1.87 bits per heavy atom. The molecule has 0 saturated carbocycles. The summed E-state index contributed by atoms with van der Waals surface area (Å²) in [4.78, 5) is 0. The molecule has 0 aliphatic carbocycles. The highest BCUT2D eigenvalue weighted by Crippen LogP contribution is 2.36. The monoisotopic (exact) mass is 222 g/mol. The van der Waals surface area contributed by atoms with Crippen LogP contribution in [0.3, 0.4) is 0 Å². The topological polar surface area (TPSA) is 0 Å². The molecule has 0 aromatic heterocycles. The molecule has 1 aromatic carbocycles. The summed E-state index contributed by atoms with van der Waals surface area (Å²) in [5.74, 6) is 0. The Kier molecular flexibility index (Phi) is 5.32. The lowest BCUT2D eigenvalue weighted by Crippen LogP contribution is -2.10. The van der Waals surface area contributed by atoms with E-state index in [2.05, 4.69) is 45.9 Å². The normalized spacial score (nSPS) is 12.8. The first-order valence-electron chi connectivity index (χ1n) is 6.01. The van der Waals surface area contributed by atoms with Gasteiger partial charge in [0.1, 0.15) is 0 Å². The second kappa shape index (κ2) is 6.28. The van der Waals surface area contributed by atoms with Gasteiger partial charge in [-0.05, 0) is 49.0 Å². The summed E-state index contributed by atoms with van der Waals surface area (Å²) >= 11 is 0. The predicted molar refractivity (Wildman–Crippen MR) is 72.8 cm³/mol. The van der Waals surface area contributed by atoms with Crippen LogP contribution >= 0.6 is 7.92 Å². The van der Waals surface area contributed by atoms with E-state index < -0.39 is 0 Å². The summed E-state index contributed by atoms with van der Waals surface area (Å²) in [6.45, 7) is 9.12. The molecule has 0 heterocycles. The van der Waals surface area contributed by atoms with Crippen LogP contribution in [0.2, 0.25) is 0 Å². The molecule has 0 aliphatic heterocycles. The fourth-order valence-corrected chi connectivity index (χ4v) is 4.42. The van der Waals surface area contributed by atoms with Crippen LogP contribution in [0.25, 0.3) is 0 Å². The molecular formula is C14H23P. The van der Waals surface area contributed by atoms with Crippen LogP contribution in [-0.4, -0.2) is 12.3 Å². The minimum Gasteiger partial charge on any atom is -0.0753 e. The molecule has 1 heteroatoms. The molecule has 0 nitrogen and oxygen atoms in total. The van der Waals surface area contributed by atoms with Gasteiger partial charge >= 0.3 is 0 Å². The van der Waals surface area contributed by atoms with E-state index in [0.717, 1.165) is 0 Å². The van der Waals surface area contributed by atoms with Gasteiger partial charge in [-0.15, -0.1) is 0 Å². The molecule has 15 heavy (non-hydrogen) atoms. The smallest absolute Gasteiger partial charge is 0.0209 e. The largest absolute Gasteiger partial charge is 0.0753 e. The first-order chi connectivity index (χ1) is 7.20. The molecule has 1 unspecified atom stereocenters. The SMILES string of the molecule is CCCCP(CC)c1cccc(C)c1C. The van der Waals surface area contributed by atoms with Crippen LogP contribution in [0.1, 0.15) is 37.8 Å². The highest BCUT2D eigenvalue weighted by molar-refractivity contribution is 7.65. The molecule has 0 radical (unpaired) electrons. The van der Waals surface area contributed by atoms with Gasteiger partial charge in [-0.2, -0.15) is 0 Å². The molecular weight excluding hydrogens is 199 g/mol. The maximum atomic E-state index is 2.34. The van der Waals surface area contributed by atoms with E-state index in [0.29, 0.717) is 0 Å². The van der Waals surface area contributed by atoms with Gasteiger partial charge in [0.15, 0.2) is 0 Å². The summed E-state index contributed by atoms with van der Waals surface area (Å²) in [7, 11) is 0.104. The first kappa shape index (κ1) is 12.7. The molecule has 84 valence electrons. The molecule has 0 N–H and O–H groups in total. The van der Waals surface area contributed by atoms with E-state index in [1.54, 1.807) is 5.30 Å². The third kappa shape index (κ3) is 3.31. The van der Waals surface area contributed by atoms with E-state index in [9.17, 15) is 0 Å². The molecule has 1 aromatic rings. The lowest BCUT2D eigenvalue weighted by Gasteiger charge is -2.19. The second-order valence-corrected chi connectivity index (χ2v) is 6.79. The molecule has 1 atom stereocenters. The Morgan fingerprint density at radius 3 is 2.47 bits per heavy atom. The molecule has 0 bridgehead atoms. The Bertz CT molecular complexity index is 304. The van der Waals surface area contributed by atoms with Gasteiger partial charge in [0.25, 0.3) is 0 Å². The second-order valence-electron chi connectivity index (χ2n) is 4.15. The van der Waals surface area contributed by atoms with Crippen LogP contribution in [0.4, 0.5) is 0 Å². The summed E-state index contributed by atoms with van der Waals surface area (Å²) in [5.41, 5.74) is 2.98. The fraction of sp³-hybridized carbons (Fsp3) is 0.571. The van der Waals surface area contributed by atoms with E-state index in [-0.39, 0.29) is 7.92 Å². The van der Waals surface area contributed by atoms with Gasteiger partial charge in [0, 0.05) is 0 Å². The molecule has 0 amide bonds. The van der Waals surface area contributed by atoms with Crippen molar-refractivity contribution in [3.05, 3.63) is 29.3 Å². The summed E-state index contributed by atoms with van der Waals surface area (Å²) < 4.78 is 0. The van der Waals surface area contributed by atoms with Crippen LogP contribution in [0, 0.1) is 13.8 Å². The van der Waals surface area contributed by atoms with E-state index in [1.807, 2.05) is 0 Å². The van der Waals surface area contributed by atoms with Gasteiger partial charge in [-0.3, -0.25) is 0 Å². The van der Waals surface area contributed by atoms with Gasteiger partial charge in [-0.25, -0.2) is 0 Å². The molecule has 0 aliphatic rings. The van der Waals surface area contributed by atoms with Crippen molar-refractivity contribution in [1.29, 1.82) is 0 Å². The van der Waals surface area contributed by atoms with Crippen molar-refractivity contribution >= 4 is 13.2 Å². The molecule has 0 fully saturated rings. The van der Waals surface area contributed by atoms with Gasteiger partial charge in [-0.1, -0.05) is 46.4 Å². The third-order valence-electron chi connectivity index (χ3n) is 3.08. The van der Waals surface area contributed by atoms with E-state index in [4.69, 9.17) is 0 Å². The van der Waals surface area contributed by atoms with Gasteiger partial charge in [0.05, 0.1) is 0 Å². The number of hydrogen-bond acceptors (Lipinski definition) is 0. The highest BCUT2D eigenvalue weighted by Gasteiger charge is 2.11. The Balaban J connectivity index is 2.86. The van der Waals surface area contributed by atoms with Crippen molar-refractivity contribution < 1.29 is 0 Å². The Morgan fingerprint density at radius 1 is 1.13 bits per heavy atom. The number of rotatable bonds is 5. The van der Waals surface area contributed by atoms with Crippen LogP contribution in [0.5, 0.6) is 0 Å². The van der Waals surface area contributed by atoms with Gasteiger partial charge < -0.3 is 0 Å². The maximum Gasteiger partial charge on any atom is -0.0209 e. The van der Waals surface area contributed by atoms with Crippen molar-refractivity contribution in [2.45, 2.75) is 40.5 Å². The molecule has 1 rings (SSSR count). The van der Waals surface area contributed by atoms with Crippen molar-refractivity contribution in [3.8, 4) is 0 Å². The fourth-order valence-electron chi connectivity index (χ4n) is 1.88. The lowest BCUT2D eigenvalue weighted by molar-refractivity contribution is 0.891. The zero-order valence-electron chi connectivity index (χ0n) is 10.5. The lowest BCUT2D eigenvalue weighted by atomic mass is 10.1. The summed E-state index contributed by atoms with van der Waals surface area (Å²) in [6, 6.07) is 6.78. The zero-order chi connectivity index (χ0) is 11.3. The number of unbranched alkanes of at least 4 members (excludes halogenated alkanes) is 1. The van der Waals surface area contributed by atoms with Crippen LogP contribution in [-0.2, 0) is 0 Å². The standard InChI is InChI=1S/C14H23P/c1-5-7-11-15(6-2)14-10-8-9-12(3)13(14)4/h8-10H,5-7,11H2,1-4H3. The Labute approximate surface area is 95.9 Å². The van der Waals surface area contributed by atoms with E-state index in [1.165, 1.54) is 36.3 Å². The maximum absolute atomic E-state index is 2.34. The molecule has 0 spiro atoms. The highest BCUT2D eigenvalue weighted by atomic mass is 31.1. The minimum absolute atomic E-state index is 0.104. The number of benzene rings is 1. The average Bonchev–Trinajstić information content (AvgIpc) is 2.25. The average molecular weight is 222 g/mol. The minimum atomic E-state index is 0.104. The number of aryl methyl sites for hydroxylation is 1. The third-order valence-corrected chi connectivity index (χ3v) is 5.87. The quantitative estimate of drug-likeness (QED) is 0.654. The van der Waals surface area contributed by atoms with Crippen molar-refractivity contribution in [2.75, 3.05) is 12.3 Å².